The van der Waals surface area contributed by atoms with Crippen molar-refractivity contribution in [1.29, 1.82) is 5.26 Å². The number of benzene rings is 1. The maximum Gasteiger partial charge on any atom is 0.410 e. The Balaban J connectivity index is 1.83. The molecule has 0 saturated carbocycles. The van der Waals surface area contributed by atoms with Gasteiger partial charge in [0, 0.05) is 19.2 Å². The number of amidine groups is 1. The Morgan fingerprint density at radius 1 is 1.39 bits per heavy atom. The molecular formula is C20H28N4O3S. The largest absolute Gasteiger partial charge is 0.493 e. The maximum absolute atomic E-state index is 12.1. The molecule has 1 aliphatic heterocycles. The van der Waals surface area contributed by atoms with Crippen LogP contribution in [0.1, 0.15) is 33.6 Å². The summed E-state index contributed by atoms with van der Waals surface area (Å²) < 4.78 is 11.4. The van der Waals surface area contributed by atoms with Crippen LogP contribution in [0.5, 0.6) is 5.75 Å². The second-order valence-corrected chi connectivity index (χ2v) is 8.37. The van der Waals surface area contributed by atoms with Crippen molar-refractivity contribution in [1.82, 2.24) is 10.2 Å². The molecule has 1 amide bonds. The van der Waals surface area contributed by atoms with Crippen molar-refractivity contribution in [2.45, 2.75) is 39.2 Å². The number of carbonyl (C=O) groups excluding carboxylic acids is 1. The monoisotopic (exact) mass is 404 g/mol. The summed E-state index contributed by atoms with van der Waals surface area (Å²) in [5, 5.41) is 11.8. The molecule has 1 fully saturated rings. The second-order valence-electron chi connectivity index (χ2n) is 7.58. The van der Waals surface area contributed by atoms with Gasteiger partial charge < -0.3 is 14.4 Å². The van der Waals surface area contributed by atoms with Gasteiger partial charge in [0.2, 0.25) is 0 Å². The van der Waals surface area contributed by atoms with Crippen LogP contribution in [0, 0.1) is 17.4 Å². The van der Waals surface area contributed by atoms with E-state index in [0.717, 1.165) is 24.3 Å². The van der Waals surface area contributed by atoms with E-state index in [1.807, 2.05) is 57.5 Å². The van der Waals surface area contributed by atoms with Crippen LogP contribution < -0.4 is 10.1 Å². The van der Waals surface area contributed by atoms with Crippen LogP contribution in [0.25, 0.3) is 0 Å². The van der Waals surface area contributed by atoms with Gasteiger partial charge in [0.05, 0.1) is 12.3 Å². The summed E-state index contributed by atoms with van der Waals surface area (Å²) in [6, 6.07) is 7.49. The molecule has 0 aromatic heterocycles. The van der Waals surface area contributed by atoms with Gasteiger partial charge in [-0.15, -0.1) is 0 Å². The van der Waals surface area contributed by atoms with Crippen LogP contribution >= 0.6 is 11.8 Å². The van der Waals surface area contributed by atoms with Crippen molar-refractivity contribution in [3.05, 3.63) is 24.3 Å². The van der Waals surface area contributed by atoms with Crippen LogP contribution in [0.4, 0.5) is 10.5 Å². The molecule has 1 aromatic carbocycles. The van der Waals surface area contributed by atoms with Crippen molar-refractivity contribution >= 4 is 28.7 Å². The van der Waals surface area contributed by atoms with E-state index in [4.69, 9.17) is 14.7 Å². The van der Waals surface area contributed by atoms with Gasteiger partial charge in [0.1, 0.15) is 11.4 Å². The number of nitriles is 1. The minimum atomic E-state index is -0.469. The van der Waals surface area contributed by atoms with Gasteiger partial charge in [-0.3, -0.25) is 5.32 Å². The Morgan fingerprint density at radius 2 is 2.11 bits per heavy atom. The molecule has 0 radical (unpaired) electrons. The average Bonchev–Trinajstić information content (AvgIpc) is 2.65. The molecule has 1 saturated heterocycles. The fourth-order valence-corrected chi connectivity index (χ4v) is 3.10. The van der Waals surface area contributed by atoms with Gasteiger partial charge in [-0.1, -0.05) is 17.8 Å². The van der Waals surface area contributed by atoms with Gasteiger partial charge in [0.25, 0.3) is 0 Å². The highest BCUT2D eigenvalue weighted by molar-refractivity contribution is 8.13. The summed E-state index contributed by atoms with van der Waals surface area (Å²) in [5.41, 5.74) is 0.257. The fraction of sp³-hybridized carbons (Fsp3) is 0.550. The SMILES string of the molecule is CSC(=Nc1cccc(OCC2CCN(C(=O)OC(C)(C)C)CC2)c1)NC#N. The Kier molecular flexibility index (Phi) is 8.00. The third-order valence-corrected chi connectivity index (χ3v) is 4.74. The molecule has 0 aliphatic carbocycles. The molecule has 152 valence electrons. The number of thioether (sulfide) groups is 1. The molecule has 0 unspecified atom stereocenters. The van der Waals surface area contributed by atoms with Crippen LogP contribution in [-0.4, -0.2) is 47.7 Å². The van der Waals surface area contributed by atoms with E-state index in [0.29, 0.717) is 30.8 Å². The van der Waals surface area contributed by atoms with Crippen molar-refractivity contribution in [2.24, 2.45) is 10.9 Å². The van der Waals surface area contributed by atoms with Crippen molar-refractivity contribution < 1.29 is 14.3 Å². The van der Waals surface area contributed by atoms with E-state index in [-0.39, 0.29) is 6.09 Å². The zero-order valence-electron chi connectivity index (χ0n) is 16.9. The molecule has 1 heterocycles. The van der Waals surface area contributed by atoms with Crippen LogP contribution in [0.3, 0.4) is 0 Å². The Bertz CT molecular complexity index is 732. The first-order valence-corrected chi connectivity index (χ1v) is 10.5. The van der Waals surface area contributed by atoms with Crippen molar-refractivity contribution in [3.8, 4) is 11.9 Å². The number of hydrogen-bond acceptors (Lipinski definition) is 6. The third kappa shape index (κ3) is 7.31. The minimum Gasteiger partial charge on any atom is -0.493 e. The molecule has 0 atom stereocenters. The number of rotatable bonds is 4. The van der Waals surface area contributed by atoms with Gasteiger partial charge in [-0.05, 0) is 57.9 Å². The summed E-state index contributed by atoms with van der Waals surface area (Å²) in [6.45, 7) is 7.60. The smallest absolute Gasteiger partial charge is 0.410 e. The zero-order chi connectivity index (χ0) is 20.6. The lowest BCUT2D eigenvalue weighted by molar-refractivity contribution is 0.0165. The molecule has 1 aliphatic rings. The number of hydrogen-bond donors (Lipinski definition) is 1. The second kappa shape index (κ2) is 10.2. The lowest BCUT2D eigenvalue weighted by atomic mass is 9.98. The highest BCUT2D eigenvalue weighted by atomic mass is 32.2. The predicted molar refractivity (Wildman–Crippen MR) is 112 cm³/mol. The van der Waals surface area contributed by atoms with E-state index in [1.165, 1.54) is 11.8 Å². The van der Waals surface area contributed by atoms with Gasteiger partial charge >= 0.3 is 6.09 Å². The van der Waals surface area contributed by atoms with Gasteiger partial charge in [-0.2, -0.15) is 5.26 Å². The normalized spacial score (nSPS) is 15.7. The van der Waals surface area contributed by atoms with Crippen molar-refractivity contribution in [2.75, 3.05) is 26.0 Å². The number of ether oxygens (including phenoxy) is 2. The Labute approximate surface area is 171 Å². The molecule has 1 N–H and O–H groups in total. The van der Waals surface area contributed by atoms with E-state index >= 15 is 0 Å². The predicted octanol–water partition coefficient (Wildman–Crippen LogP) is 4.13. The molecule has 28 heavy (non-hydrogen) atoms. The molecular weight excluding hydrogens is 376 g/mol. The minimum absolute atomic E-state index is 0.243. The lowest BCUT2D eigenvalue weighted by Gasteiger charge is -2.33. The lowest BCUT2D eigenvalue weighted by Crippen LogP contribution is -2.42. The van der Waals surface area contributed by atoms with E-state index in [1.54, 1.807) is 4.90 Å². The molecule has 8 heteroatoms. The number of nitrogens with zero attached hydrogens (tertiary/aromatic N) is 3. The number of piperidine rings is 1. The first kappa shape index (κ1) is 21.9. The quantitative estimate of drug-likeness (QED) is 0.351. The number of nitrogens with one attached hydrogen (secondary N) is 1. The Hall–Kier alpha value is -2.40. The highest BCUT2D eigenvalue weighted by Crippen LogP contribution is 2.24. The average molecular weight is 405 g/mol. The number of aliphatic imine (C=N–C) groups is 1. The van der Waals surface area contributed by atoms with Gasteiger partial charge in [-0.25, -0.2) is 9.79 Å². The number of likely N-dealkylation sites (tertiary alicyclic amines) is 1. The first-order valence-electron chi connectivity index (χ1n) is 9.29. The Morgan fingerprint density at radius 3 is 2.71 bits per heavy atom. The van der Waals surface area contributed by atoms with Crippen LogP contribution in [-0.2, 0) is 4.74 Å². The van der Waals surface area contributed by atoms with E-state index in [9.17, 15) is 4.79 Å². The van der Waals surface area contributed by atoms with E-state index in [2.05, 4.69) is 10.3 Å². The summed E-state index contributed by atoms with van der Waals surface area (Å²) in [6.07, 6.45) is 5.26. The number of amides is 1. The fourth-order valence-electron chi connectivity index (χ4n) is 2.76. The molecule has 0 bridgehead atoms. The van der Waals surface area contributed by atoms with Gasteiger partial charge in [0.15, 0.2) is 11.4 Å². The summed E-state index contributed by atoms with van der Waals surface area (Å²) >= 11 is 1.37. The summed E-state index contributed by atoms with van der Waals surface area (Å²) in [4.78, 5) is 18.3. The van der Waals surface area contributed by atoms with Crippen molar-refractivity contribution in [3.63, 3.8) is 0 Å². The molecule has 0 spiro atoms. The standard InChI is InChI=1S/C20H28N4O3S/c1-20(2,3)27-19(25)24-10-8-15(9-11-24)13-26-17-7-5-6-16(12-17)23-18(28-4)22-14-21/h5-7,12,15H,8-11,13H2,1-4H3,(H,22,23). The number of carbonyl (C=O) groups is 1. The van der Waals surface area contributed by atoms with Crippen LogP contribution in [0.15, 0.2) is 29.3 Å². The first-order chi connectivity index (χ1) is 13.3. The molecule has 2 rings (SSSR count). The summed E-state index contributed by atoms with van der Waals surface area (Å²) in [7, 11) is 0. The van der Waals surface area contributed by atoms with E-state index < -0.39 is 5.60 Å². The molecule has 1 aromatic rings. The third-order valence-electron chi connectivity index (χ3n) is 4.16. The molecule has 7 nitrogen and oxygen atoms in total. The maximum atomic E-state index is 12.1. The summed E-state index contributed by atoms with van der Waals surface area (Å²) in [5.74, 6) is 1.14. The van der Waals surface area contributed by atoms with Crippen LogP contribution in [0.2, 0.25) is 0 Å². The topological polar surface area (TPSA) is 86.9 Å². The highest BCUT2D eigenvalue weighted by Gasteiger charge is 2.27. The zero-order valence-corrected chi connectivity index (χ0v) is 17.7.